The minimum atomic E-state index is -0.373. The molecule has 18 heavy (non-hydrogen) atoms. The number of nitro benzene ring substituents is 1. The van der Waals surface area contributed by atoms with Crippen LogP contribution in [0.1, 0.15) is 32.6 Å². The third-order valence-corrected chi connectivity index (χ3v) is 3.56. The van der Waals surface area contributed by atoms with E-state index in [9.17, 15) is 10.1 Å². The van der Waals surface area contributed by atoms with Crippen LogP contribution in [0.2, 0.25) is 5.02 Å². The maximum absolute atomic E-state index is 11.0. The molecule has 4 nitrogen and oxygen atoms in total. The predicted molar refractivity (Wildman–Crippen MR) is 73.1 cm³/mol. The molecule has 1 aliphatic carbocycles. The standard InChI is InChI=1S/C13H17ClN2O2/c1-2-11(7-9-3-4-9)15-12-8-10(14)5-6-13(12)16(17)18/h5-6,8-9,11,15H,2-4,7H2,1H3. The van der Waals surface area contributed by atoms with Crippen LogP contribution < -0.4 is 5.32 Å². The summed E-state index contributed by atoms with van der Waals surface area (Å²) in [5.74, 6) is 0.792. The Kier molecular flexibility index (Phi) is 4.07. The van der Waals surface area contributed by atoms with Crippen LogP contribution >= 0.6 is 11.6 Å². The van der Waals surface area contributed by atoms with Crippen molar-refractivity contribution in [1.82, 2.24) is 0 Å². The molecule has 1 saturated carbocycles. The number of halogens is 1. The molecule has 2 rings (SSSR count). The molecule has 1 N–H and O–H groups in total. The number of hydrogen-bond acceptors (Lipinski definition) is 3. The zero-order valence-electron chi connectivity index (χ0n) is 10.4. The van der Waals surface area contributed by atoms with Crippen molar-refractivity contribution in [1.29, 1.82) is 0 Å². The van der Waals surface area contributed by atoms with Crippen LogP contribution in [0.15, 0.2) is 18.2 Å². The van der Waals surface area contributed by atoms with Gasteiger partial charge in [0.15, 0.2) is 0 Å². The van der Waals surface area contributed by atoms with Gasteiger partial charge in [-0.1, -0.05) is 31.4 Å². The maximum Gasteiger partial charge on any atom is 0.292 e. The van der Waals surface area contributed by atoms with E-state index < -0.39 is 0 Å². The van der Waals surface area contributed by atoms with E-state index >= 15 is 0 Å². The zero-order chi connectivity index (χ0) is 13.1. The first-order valence-electron chi connectivity index (χ1n) is 6.30. The molecule has 5 heteroatoms. The normalized spacial score (nSPS) is 16.3. The van der Waals surface area contributed by atoms with Crippen LogP contribution in [0.3, 0.4) is 0 Å². The number of anilines is 1. The van der Waals surface area contributed by atoms with Crippen molar-refractivity contribution in [3.63, 3.8) is 0 Å². The summed E-state index contributed by atoms with van der Waals surface area (Å²) in [5, 5.41) is 14.7. The van der Waals surface area contributed by atoms with E-state index in [1.54, 1.807) is 12.1 Å². The van der Waals surface area contributed by atoms with Gasteiger partial charge < -0.3 is 5.32 Å². The summed E-state index contributed by atoms with van der Waals surface area (Å²) in [6.07, 6.45) is 4.62. The SMILES string of the molecule is CCC(CC1CC1)Nc1cc(Cl)ccc1[N+](=O)[O-]. The van der Waals surface area contributed by atoms with E-state index in [1.807, 2.05) is 0 Å². The van der Waals surface area contributed by atoms with Crippen molar-refractivity contribution >= 4 is 23.0 Å². The highest BCUT2D eigenvalue weighted by atomic mass is 35.5. The topological polar surface area (TPSA) is 55.2 Å². The third kappa shape index (κ3) is 3.35. The number of rotatable bonds is 6. The van der Waals surface area contributed by atoms with E-state index in [-0.39, 0.29) is 16.7 Å². The van der Waals surface area contributed by atoms with Crippen molar-refractivity contribution in [2.24, 2.45) is 5.92 Å². The lowest BCUT2D eigenvalue weighted by molar-refractivity contribution is -0.384. The fraction of sp³-hybridized carbons (Fsp3) is 0.538. The Morgan fingerprint density at radius 3 is 2.83 bits per heavy atom. The Balaban J connectivity index is 2.14. The van der Waals surface area contributed by atoms with Gasteiger partial charge in [-0.15, -0.1) is 0 Å². The number of benzene rings is 1. The first-order valence-corrected chi connectivity index (χ1v) is 6.68. The van der Waals surface area contributed by atoms with E-state index in [4.69, 9.17) is 11.6 Å². The van der Waals surface area contributed by atoms with Crippen molar-refractivity contribution < 1.29 is 4.92 Å². The summed E-state index contributed by atoms with van der Waals surface area (Å²) in [7, 11) is 0. The zero-order valence-corrected chi connectivity index (χ0v) is 11.1. The molecule has 0 saturated heterocycles. The van der Waals surface area contributed by atoms with Gasteiger partial charge in [0, 0.05) is 17.1 Å². The van der Waals surface area contributed by atoms with E-state index in [0.29, 0.717) is 10.7 Å². The number of nitrogens with zero attached hydrogens (tertiary/aromatic N) is 1. The van der Waals surface area contributed by atoms with Crippen LogP contribution in [-0.4, -0.2) is 11.0 Å². The largest absolute Gasteiger partial charge is 0.377 e. The maximum atomic E-state index is 11.0. The summed E-state index contributed by atoms with van der Waals surface area (Å²) in [6.45, 7) is 2.09. The van der Waals surface area contributed by atoms with E-state index in [2.05, 4.69) is 12.2 Å². The van der Waals surface area contributed by atoms with Crippen molar-refractivity contribution in [2.75, 3.05) is 5.32 Å². The average molecular weight is 269 g/mol. The summed E-state index contributed by atoms with van der Waals surface area (Å²) in [6, 6.07) is 4.92. The highest BCUT2D eigenvalue weighted by molar-refractivity contribution is 6.31. The van der Waals surface area contributed by atoms with Gasteiger partial charge in [0.05, 0.1) is 4.92 Å². The monoisotopic (exact) mass is 268 g/mol. The van der Waals surface area contributed by atoms with Gasteiger partial charge in [-0.2, -0.15) is 0 Å². The molecule has 0 heterocycles. The molecule has 0 aliphatic heterocycles. The van der Waals surface area contributed by atoms with Gasteiger partial charge in [0.2, 0.25) is 0 Å². The Morgan fingerprint density at radius 2 is 2.28 bits per heavy atom. The molecular formula is C13H17ClN2O2. The Labute approximate surface area is 111 Å². The second kappa shape index (κ2) is 5.57. The summed E-state index contributed by atoms with van der Waals surface area (Å²) < 4.78 is 0. The second-order valence-electron chi connectivity index (χ2n) is 4.85. The highest BCUT2D eigenvalue weighted by Crippen LogP contribution is 2.36. The Bertz CT molecular complexity index is 447. The molecule has 1 atom stereocenters. The van der Waals surface area contributed by atoms with Gasteiger partial charge in [-0.25, -0.2) is 0 Å². The molecule has 0 radical (unpaired) electrons. The van der Waals surface area contributed by atoms with Crippen molar-refractivity contribution in [2.45, 2.75) is 38.6 Å². The lowest BCUT2D eigenvalue weighted by Crippen LogP contribution is -2.19. The van der Waals surface area contributed by atoms with E-state index in [1.165, 1.54) is 18.9 Å². The quantitative estimate of drug-likeness (QED) is 0.620. The first-order chi connectivity index (χ1) is 8.60. The molecule has 0 aromatic heterocycles. The van der Waals surface area contributed by atoms with Crippen LogP contribution in [0, 0.1) is 16.0 Å². The molecule has 0 amide bonds. The van der Waals surface area contributed by atoms with Gasteiger partial charge in [-0.05, 0) is 30.9 Å². The van der Waals surface area contributed by atoms with Crippen molar-refractivity contribution in [3.8, 4) is 0 Å². The molecule has 0 bridgehead atoms. The molecule has 1 aromatic carbocycles. The molecule has 1 fully saturated rings. The number of hydrogen-bond donors (Lipinski definition) is 1. The molecule has 0 spiro atoms. The lowest BCUT2D eigenvalue weighted by Gasteiger charge is -2.18. The van der Waals surface area contributed by atoms with Gasteiger partial charge >= 0.3 is 0 Å². The predicted octanol–water partition coefficient (Wildman–Crippen LogP) is 4.24. The Hall–Kier alpha value is -1.29. The number of nitro groups is 1. The minimum Gasteiger partial charge on any atom is -0.377 e. The summed E-state index contributed by atoms with van der Waals surface area (Å²) >= 11 is 5.90. The van der Waals surface area contributed by atoms with Crippen LogP contribution in [0.4, 0.5) is 11.4 Å². The molecule has 98 valence electrons. The van der Waals surface area contributed by atoms with E-state index in [0.717, 1.165) is 18.8 Å². The first kappa shape index (κ1) is 13.1. The Morgan fingerprint density at radius 1 is 1.56 bits per heavy atom. The molecular weight excluding hydrogens is 252 g/mol. The van der Waals surface area contributed by atoms with Crippen LogP contribution in [0.25, 0.3) is 0 Å². The second-order valence-corrected chi connectivity index (χ2v) is 5.28. The van der Waals surface area contributed by atoms with Gasteiger partial charge in [-0.3, -0.25) is 10.1 Å². The summed E-state index contributed by atoms with van der Waals surface area (Å²) in [4.78, 5) is 10.6. The molecule has 1 aliphatic rings. The smallest absolute Gasteiger partial charge is 0.292 e. The minimum absolute atomic E-state index is 0.0913. The molecule has 1 aromatic rings. The lowest BCUT2D eigenvalue weighted by atomic mass is 10.1. The van der Waals surface area contributed by atoms with Crippen LogP contribution in [0.5, 0.6) is 0 Å². The fourth-order valence-electron chi connectivity index (χ4n) is 2.09. The third-order valence-electron chi connectivity index (χ3n) is 3.32. The van der Waals surface area contributed by atoms with Gasteiger partial charge in [0.25, 0.3) is 5.69 Å². The average Bonchev–Trinajstić information content (AvgIpc) is 3.11. The fourth-order valence-corrected chi connectivity index (χ4v) is 2.26. The van der Waals surface area contributed by atoms with Crippen molar-refractivity contribution in [3.05, 3.63) is 33.3 Å². The summed E-state index contributed by atoms with van der Waals surface area (Å²) in [5.41, 5.74) is 0.619. The van der Waals surface area contributed by atoms with Crippen LogP contribution in [-0.2, 0) is 0 Å². The number of nitrogens with one attached hydrogen (secondary N) is 1. The van der Waals surface area contributed by atoms with Gasteiger partial charge in [0.1, 0.15) is 5.69 Å². The molecule has 1 unspecified atom stereocenters. The highest BCUT2D eigenvalue weighted by Gasteiger charge is 2.26.